The normalized spacial score (nSPS) is 13.5. The molecule has 6 rings (SSSR count). The number of aliphatic carboxylic acids is 1. The van der Waals surface area contributed by atoms with Gasteiger partial charge >= 0.3 is 18.1 Å². The highest BCUT2D eigenvalue weighted by Gasteiger charge is 2.34. The van der Waals surface area contributed by atoms with Crippen LogP contribution in [0.1, 0.15) is 60.2 Å². The van der Waals surface area contributed by atoms with Gasteiger partial charge in [-0.3, -0.25) is 9.59 Å². The third-order valence-corrected chi connectivity index (χ3v) is 8.92. The Morgan fingerprint density at radius 1 is 1.10 bits per heavy atom. The first-order chi connectivity index (χ1) is 23.9. The van der Waals surface area contributed by atoms with Gasteiger partial charge < -0.3 is 25.5 Å². The molecule has 1 aliphatic rings. The highest BCUT2D eigenvalue weighted by atomic mass is 35.5. The number of halogens is 5. The quantitative estimate of drug-likeness (QED) is 0.105. The standard InChI is InChI=1S/C35H35F4N7O4.ClH/c1-3-19-6-5-7-20(4-2)31(19)46-32(24-17-45(13-11-27(24)44-46)34-42-15-22(16-43-34)35(37,38)39)29-23-10-12-41-30(23)21(14-25(29)36)18-50-33(49)26(40)8-9-28(47)48;/h5-7,10,12,14-16,26,41H,3-4,8-9,11,13,17-18,40H2,1-2H3,(H,47,48);1H/t26-;/m0./s1. The number of carbonyl (C=O) groups is 2. The summed E-state index contributed by atoms with van der Waals surface area (Å²) in [6, 6.07) is 7.82. The zero-order chi connectivity index (χ0) is 35.7. The first-order valence-corrected chi connectivity index (χ1v) is 16.2. The Labute approximate surface area is 296 Å². The zero-order valence-corrected chi connectivity index (χ0v) is 28.6. The fraction of sp³-hybridized carbons (Fsp3) is 0.343. The van der Waals surface area contributed by atoms with Crippen molar-refractivity contribution in [3.63, 3.8) is 0 Å². The van der Waals surface area contributed by atoms with E-state index in [0.29, 0.717) is 59.2 Å². The van der Waals surface area contributed by atoms with Crippen molar-refractivity contribution in [2.24, 2.45) is 5.73 Å². The number of fused-ring (bicyclic) bond motifs is 2. The summed E-state index contributed by atoms with van der Waals surface area (Å²) >= 11 is 0. The Kier molecular flexibility index (Phi) is 11.0. The van der Waals surface area contributed by atoms with Gasteiger partial charge in [-0.25, -0.2) is 19.0 Å². The molecule has 0 bridgehead atoms. The minimum Gasteiger partial charge on any atom is -0.481 e. The zero-order valence-electron chi connectivity index (χ0n) is 27.8. The maximum absolute atomic E-state index is 16.7. The molecule has 3 aromatic heterocycles. The summed E-state index contributed by atoms with van der Waals surface area (Å²) in [4.78, 5) is 36.3. The van der Waals surface area contributed by atoms with E-state index < -0.39 is 35.5 Å². The number of nitrogens with one attached hydrogen (secondary N) is 1. The number of alkyl halides is 3. The van der Waals surface area contributed by atoms with Crippen LogP contribution in [0.3, 0.4) is 0 Å². The Hall–Kier alpha value is -5.02. The van der Waals surface area contributed by atoms with Crippen molar-refractivity contribution in [1.29, 1.82) is 0 Å². The predicted molar refractivity (Wildman–Crippen MR) is 183 cm³/mol. The molecule has 270 valence electrons. The number of hydrogen-bond donors (Lipinski definition) is 3. The van der Waals surface area contributed by atoms with Crippen LogP contribution < -0.4 is 10.6 Å². The van der Waals surface area contributed by atoms with Gasteiger partial charge in [-0.2, -0.15) is 18.3 Å². The number of para-hydroxylation sites is 1. The topological polar surface area (TPSA) is 152 Å². The molecule has 0 saturated heterocycles. The van der Waals surface area contributed by atoms with Crippen LogP contribution in [0.15, 0.2) is 48.9 Å². The maximum Gasteiger partial charge on any atom is 0.419 e. The van der Waals surface area contributed by atoms with Crippen LogP contribution >= 0.6 is 12.4 Å². The van der Waals surface area contributed by atoms with Crippen molar-refractivity contribution >= 4 is 41.2 Å². The van der Waals surface area contributed by atoms with Gasteiger partial charge in [0.25, 0.3) is 0 Å². The molecule has 0 unspecified atom stereocenters. The Bertz CT molecular complexity index is 2040. The van der Waals surface area contributed by atoms with E-state index >= 15 is 4.39 Å². The van der Waals surface area contributed by atoms with Crippen LogP contribution in [0, 0.1) is 5.82 Å². The lowest BCUT2D eigenvalue weighted by atomic mass is 9.95. The van der Waals surface area contributed by atoms with E-state index in [4.69, 9.17) is 20.7 Å². The largest absolute Gasteiger partial charge is 0.481 e. The predicted octanol–water partition coefficient (Wildman–Crippen LogP) is 6.31. The van der Waals surface area contributed by atoms with Crippen LogP contribution in [0.2, 0.25) is 0 Å². The molecule has 0 saturated carbocycles. The minimum atomic E-state index is -4.58. The molecule has 0 radical (unpaired) electrons. The minimum absolute atomic E-state index is 0. The van der Waals surface area contributed by atoms with Gasteiger partial charge in [0, 0.05) is 66.6 Å². The van der Waals surface area contributed by atoms with Crippen molar-refractivity contribution in [3.8, 4) is 16.9 Å². The van der Waals surface area contributed by atoms with E-state index in [0.717, 1.165) is 29.2 Å². The van der Waals surface area contributed by atoms with E-state index in [9.17, 15) is 22.8 Å². The number of rotatable bonds is 11. The summed E-state index contributed by atoms with van der Waals surface area (Å²) < 4.78 is 63.6. The van der Waals surface area contributed by atoms with Gasteiger partial charge in [0.1, 0.15) is 18.5 Å². The maximum atomic E-state index is 16.7. The second kappa shape index (κ2) is 15.1. The SMILES string of the molecule is CCc1cccc(CC)c1-n1nc2c(c1-c1c(F)cc(COC(=O)[C@@H](N)CCC(=O)O)c3[nH]ccc13)CN(c1ncc(C(F)(F)F)cn1)CC2.Cl. The molecular weight excluding hydrogens is 694 g/mol. The van der Waals surface area contributed by atoms with Crippen LogP contribution in [0.4, 0.5) is 23.5 Å². The summed E-state index contributed by atoms with van der Waals surface area (Å²) in [5.41, 5.74) is 10.7. The molecule has 51 heavy (non-hydrogen) atoms. The van der Waals surface area contributed by atoms with E-state index in [2.05, 4.69) is 15.0 Å². The fourth-order valence-corrected chi connectivity index (χ4v) is 6.36. The second-order valence-electron chi connectivity index (χ2n) is 12.1. The van der Waals surface area contributed by atoms with E-state index in [1.54, 1.807) is 21.8 Å². The number of carbonyl (C=O) groups excluding carboxylic acids is 1. The van der Waals surface area contributed by atoms with Crippen LogP contribution in [0.5, 0.6) is 0 Å². The smallest absolute Gasteiger partial charge is 0.419 e. The Morgan fingerprint density at radius 2 is 1.78 bits per heavy atom. The van der Waals surface area contributed by atoms with Gasteiger partial charge in [-0.1, -0.05) is 32.0 Å². The average molecular weight is 730 g/mol. The molecule has 0 amide bonds. The number of nitrogens with two attached hydrogens (primary N) is 1. The third-order valence-electron chi connectivity index (χ3n) is 8.92. The number of carboxylic acid groups (broad SMARTS) is 1. The molecule has 16 heteroatoms. The number of anilines is 1. The number of aromatic nitrogens is 5. The lowest BCUT2D eigenvalue weighted by molar-refractivity contribution is -0.147. The Morgan fingerprint density at radius 3 is 2.41 bits per heavy atom. The molecule has 1 aliphatic heterocycles. The second-order valence-corrected chi connectivity index (χ2v) is 12.1. The molecule has 5 aromatic rings. The summed E-state index contributed by atoms with van der Waals surface area (Å²) in [6.45, 7) is 4.28. The number of nitrogens with zero attached hydrogens (tertiary/aromatic N) is 5. The lowest BCUT2D eigenvalue weighted by Gasteiger charge is -2.27. The van der Waals surface area contributed by atoms with Crippen molar-refractivity contribution in [3.05, 3.63) is 88.3 Å². The molecule has 4 N–H and O–H groups in total. The van der Waals surface area contributed by atoms with E-state index in [1.807, 2.05) is 32.0 Å². The van der Waals surface area contributed by atoms with Gasteiger partial charge in [0.15, 0.2) is 0 Å². The number of hydrogen-bond acceptors (Lipinski definition) is 8. The van der Waals surface area contributed by atoms with Crippen molar-refractivity contribution < 1.29 is 37.0 Å². The summed E-state index contributed by atoms with van der Waals surface area (Å²) in [6.07, 6.45) is -0.0828. The number of benzene rings is 2. The molecule has 1 atom stereocenters. The summed E-state index contributed by atoms with van der Waals surface area (Å²) in [7, 11) is 0. The molecular formula is C35H36ClF4N7O4. The number of esters is 1. The fourth-order valence-electron chi connectivity index (χ4n) is 6.36. The molecule has 0 fully saturated rings. The monoisotopic (exact) mass is 729 g/mol. The van der Waals surface area contributed by atoms with E-state index in [1.165, 1.54) is 6.07 Å². The highest BCUT2D eigenvalue weighted by Crippen LogP contribution is 2.41. The summed E-state index contributed by atoms with van der Waals surface area (Å²) in [5, 5.41) is 14.5. The number of aromatic amines is 1. The molecule has 4 heterocycles. The van der Waals surface area contributed by atoms with Gasteiger partial charge in [0.05, 0.1) is 28.2 Å². The van der Waals surface area contributed by atoms with Crippen molar-refractivity contribution in [2.75, 3.05) is 11.4 Å². The van der Waals surface area contributed by atoms with Crippen LogP contribution in [0.25, 0.3) is 27.8 Å². The van der Waals surface area contributed by atoms with Crippen molar-refractivity contribution in [1.82, 2.24) is 24.7 Å². The molecule has 0 spiro atoms. The highest BCUT2D eigenvalue weighted by molar-refractivity contribution is 5.98. The van der Waals surface area contributed by atoms with Gasteiger partial charge in [-0.05, 0) is 42.5 Å². The van der Waals surface area contributed by atoms with E-state index in [-0.39, 0.29) is 49.9 Å². The van der Waals surface area contributed by atoms with Crippen LogP contribution in [-0.4, -0.2) is 54.4 Å². The number of aryl methyl sites for hydroxylation is 2. The first kappa shape index (κ1) is 37.2. The average Bonchev–Trinajstić information content (AvgIpc) is 3.74. The van der Waals surface area contributed by atoms with Crippen molar-refractivity contribution in [2.45, 2.75) is 71.3 Å². The molecule has 2 aromatic carbocycles. The first-order valence-electron chi connectivity index (χ1n) is 16.2. The van der Waals surface area contributed by atoms with Gasteiger partial charge in [-0.15, -0.1) is 12.4 Å². The van der Waals surface area contributed by atoms with Crippen LogP contribution in [-0.2, 0) is 52.9 Å². The molecule has 0 aliphatic carbocycles. The summed E-state index contributed by atoms with van der Waals surface area (Å²) in [5.74, 6) is -2.41. The number of H-pyrrole nitrogens is 1. The molecule has 11 nitrogen and oxygen atoms in total. The number of ether oxygens (including phenoxy) is 1. The van der Waals surface area contributed by atoms with Gasteiger partial charge in [0.2, 0.25) is 5.95 Å². The Balaban J connectivity index is 0.00000504. The lowest BCUT2D eigenvalue weighted by Crippen LogP contribution is -2.32. The number of carboxylic acids is 1. The third kappa shape index (κ3) is 7.40.